The number of benzene rings is 1. The number of thioether (sulfide) groups is 1. The molecule has 2 rings (SSSR count). The van der Waals surface area contributed by atoms with Crippen molar-refractivity contribution in [2.45, 2.75) is 17.9 Å². The van der Waals surface area contributed by atoms with Crippen LogP contribution in [-0.4, -0.2) is 28.7 Å². The maximum Gasteiger partial charge on any atom is 0.418 e. The van der Waals surface area contributed by atoms with Gasteiger partial charge in [0.2, 0.25) is 5.91 Å². The van der Waals surface area contributed by atoms with Crippen LogP contribution in [0, 0.1) is 0 Å². The molecule has 0 aliphatic heterocycles. The first-order chi connectivity index (χ1) is 11.8. The molecule has 0 aliphatic rings. The van der Waals surface area contributed by atoms with Gasteiger partial charge in [-0.05, 0) is 12.1 Å². The van der Waals surface area contributed by atoms with Crippen molar-refractivity contribution in [3.05, 3.63) is 51.9 Å². The van der Waals surface area contributed by atoms with E-state index in [9.17, 15) is 22.8 Å². The molecule has 1 aromatic carbocycles. The SMILES string of the molecule is COCc1cc(=O)[nH]c(SCC(=O)Nc2ccccc2C(F)(F)F)n1. The molecule has 0 saturated carbocycles. The number of anilines is 1. The average Bonchev–Trinajstić information content (AvgIpc) is 2.52. The summed E-state index contributed by atoms with van der Waals surface area (Å²) in [5.74, 6) is -0.868. The number of alkyl halides is 3. The molecule has 0 radical (unpaired) electrons. The molecule has 10 heteroatoms. The van der Waals surface area contributed by atoms with Gasteiger partial charge < -0.3 is 15.0 Å². The van der Waals surface area contributed by atoms with Crippen molar-refractivity contribution in [3.8, 4) is 0 Å². The van der Waals surface area contributed by atoms with Crippen LogP contribution in [0.5, 0.6) is 0 Å². The Bertz CT molecular complexity index is 808. The maximum absolute atomic E-state index is 12.9. The molecule has 0 spiro atoms. The number of aromatic nitrogens is 2. The van der Waals surface area contributed by atoms with Gasteiger partial charge in [0.15, 0.2) is 5.16 Å². The van der Waals surface area contributed by atoms with Gasteiger partial charge in [-0.25, -0.2) is 4.98 Å². The van der Waals surface area contributed by atoms with Crippen LogP contribution in [0.1, 0.15) is 11.3 Å². The zero-order valence-corrected chi connectivity index (χ0v) is 13.8. The van der Waals surface area contributed by atoms with Gasteiger partial charge in [0.25, 0.3) is 5.56 Å². The summed E-state index contributed by atoms with van der Waals surface area (Å²) >= 11 is 0.900. The number of ether oxygens (including phenoxy) is 1. The minimum atomic E-state index is -4.57. The summed E-state index contributed by atoms with van der Waals surface area (Å²) < 4.78 is 43.6. The van der Waals surface area contributed by atoms with Crippen LogP contribution in [-0.2, 0) is 22.3 Å². The highest BCUT2D eigenvalue weighted by Crippen LogP contribution is 2.34. The molecule has 0 unspecified atom stereocenters. The van der Waals surface area contributed by atoms with Crippen LogP contribution in [0.2, 0.25) is 0 Å². The fourth-order valence-corrected chi connectivity index (χ4v) is 2.63. The Kier molecular flexibility index (Phi) is 6.21. The Labute approximate surface area is 144 Å². The third kappa shape index (κ3) is 5.61. The lowest BCUT2D eigenvalue weighted by Crippen LogP contribution is -2.18. The Morgan fingerprint density at radius 3 is 2.76 bits per heavy atom. The summed E-state index contributed by atoms with van der Waals surface area (Å²) in [4.78, 5) is 29.9. The number of rotatable bonds is 6. The summed E-state index contributed by atoms with van der Waals surface area (Å²) in [6.45, 7) is 0.128. The number of hydrogen-bond acceptors (Lipinski definition) is 5. The maximum atomic E-state index is 12.9. The summed E-state index contributed by atoms with van der Waals surface area (Å²) in [6, 6.07) is 5.95. The van der Waals surface area contributed by atoms with Gasteiger partial charge in [-0.2, -0.15) is 13.2 Å². The summed E-state index contributed by atoms with van der Waals surface area (Å²) in [5.41, 5.74) is -1.28. The number of nitrogens with zero attached hydrogens (tertiary/aromatic N) is 1. The Morgan fingerprint density at radius 2 is 2.08 bits per heavy atom. The lowest BCUT2D eigenvalue weighted by Gasteiger charge is -2.13. The number of amides is 1. The normalized spacial score (nSPS) is 11.4. The third-order valence-corrected chi connectivity index (χ3v) is 3.79. The van der Waals surface area contributed by atoms with Crippen LogP contribution in [0.25, 0.3) is 0 Å². The molecule has 1 aromatic heterocycles. The topological polar surface area (TPSA) is 84.1 Å². The first kappa shape index (κ1) is 19.0. The molecular weight excluding hydrogens is 359 g/mol. The van der Waals surface area contributed by atoms with E-state index < -0.39 is 23.2 Å². The number of carbonyl (C=O) groups is 1. The first-order valence-electron chi connectivity index (χ1n) is 6.97. The first-order valence-corrected chi connectivity index (χ1v) is 7.96. The van der Waals surface area contributed by atoms with Crippen LogP contribution in [0.15, 0.2) is 40.3 Å². The standard InChI is InChI=1S/C15H14F3N3O3S/c1-24-7-9-6-12(22)21-14(19-9)25-8-13(23)20-11-5-3-2-4-10(11)15(16,17)18/h2-6H,7-8H2,1H3,(H,20,23)(H,19,21,22). The second-order valence-electron chi connectivity index (χ2n) is 4.86. The minimum absolute atomic E-state index is 0.128. The van der Waals surface area contributed by atoms with Crippen LogP contribution >= 0.6 is 11.8 Å². The van der Waals surface area contributed by atoms with Crippen LogP contribution in [0.3, 0.4) is 0 Å². The number of methoxy groups -OCH3 is 1. The van der Waals surface area contributed by atoms with E-state index in [1.165, 1.54) is 31.4 Å². The minimum Gasteiger partial charge on any atom is -0.378 e. The van der Waals surface area contributed by atoms with E-state index >= 15 is 0 Å². The highest BCUT2D eigenvalue weighted by Gasteiger charge is 2.33. The third-order valence-electron chi connectivity index (χ3n) is 2.91. The van der Waals surface area contributed by atoms with E-state index in [4.69, 9.17) is 4.74 Å². The highest BCUT2D eigenvalue weighted by molar-refractivity contribution is 7.99. The van der Waals surface area contributed by atoms with Crippen LogP contribution < -0.4 is 10.9 Å². The summed E-state index contributed by atoms with van der Waals surface area (Å²) in [7, 11) is 1.45. The van der Waals surface area contributed by atoms with E-state index in [2.05, 4.69) is 15.3 Å². The van der Waals surface area contributed by atoms with Crippen LogP contribution in [0.4, 0.5) is 18.9 Å². The van der Waals surface area contributed by atoms with Gasteiger partial charge in [0, 0.05) is 13.2 Å². The number of halogens is 3. The van der Waals surface area contributed by atoms with Crippen molar-refractivity contribution in [3.63, 3.8) is 0 Å². The monoisotopic (exact) mass is 373 g/mol. The molecule has 0 bridgehead atoms. The Balaban J connectivity index is 2.04. The van der Waals surface area contributed by atoms with E-state index in [1.54, 1.807) is 0 Å². The molecule has 2 N–H and O–H groups in total. The predicted molar refractivity (Wildman–Crippen MR) is 86.4 cm³/mol. The zero-order chi connectivity index (χ0) is 18.4. The van der Waals surface area contributed by atoms with Crippen molar-refractivity contribution < 1.29 is 22.7 Å². The Morgan fingerprint density at radius 1 is 1.36 bits per heavy atom. The summed E-state index contributed by atoms with van der Waals surface area (Å²) in [6.07, 6.45) is -4.57. The lowest BCUT2D eigenvalue weighted by molar-refractivity contribution is -0.137. The number of para-hydroxylation sites is 1. The zero-order valence-electron chi connectivity index (χ0n) is 13.0. The second-order valence-corrected chi connectivity index (χ2v) is 5.82. The highest BCUT2D eigenvalue weighted by atomic mass is 32.2. The van der Waals surface area contributed by atoms with Gasteiger partial charge in [0.05, 0.1) is 29.3 Å². The molecule has 134 valence electrons. The fourth-order valence-electron chi connectivity index (χ4n) is 1.93. The number of carbonyl (C=O) groups excluding carboxylic acids is 1. The summed E-state index contributed by atoms with van der Waals surface area (Å²) in [5, 5.41) is 2.40. The second kappa shape index (κ2) is 8.17. The van der Waals surface area contributed by atoms with Gasteiger partial charge in [-0.3, -0.25) is 9.59 Å². The number of aromatic amines is 1. The molecule has 25 heavy (non-hydrogen) atoms. The van der Waals surface area contributed by atoms with Crippen molar-refractivity contribution >= 4 is 23.4 Å². The van der Waals surface area contributed by atoms with Crippen molar-refractivity contribution in [1.29, 1.82) is 0 Å². The molecule has 0 saturated heterocycles. The molecule has 0 fully saturated rings. The Hall–Kier alpha value is -2.33. The van der Waals surface area contributed by atoms with Crippen molar-refractivity contribution in [2.75, 3.05) is 18.2 Å². The quantitative estimate of drug-likeness (QED) is 0.601. The van der Waals surface area contributed by atoms with Gasteiger partial charge in [-0.15, -0.1) is 0 Å². The molecular formula is C15H14F3N3O3S. The van der Waals surface area contributed by atoms with Gasteiger partial charge in [0.1, 0.15) is 0 Å². The largest absolute Gasteiger partial charge is 0.418 e. The number of hydrogen-bond donors (Lipinski definition) is 2. The fraction of sp³-hybridized carbons (Fsp3) is 0.267. The van der Waals surface area contributed by atoms with E-state index in [-0.39, 0.29) is 23.2 Å². The van der Waals surface area contributed by atoms with E-state index in [0.29, 0.717) is 5.69 Å². The van der Waals surface area contributed by atoms with Gasteiger partial charge >= 0.3 is 6.18 Å². The molecule has 6 nitrogen and oxygen atoms in total. The predicted octanol–water partition coefficient (Wildman–Crippen LogP) is 2.67. The molecule has 0 aliphatic carbocycles. The van der Waals surface area contributed by atoms with E-state index in [1.807, 2.05) is 0 Å². The van der Waals surface area contributed by atoms with Crippen molar-refractivity contribution in [2.24, 2.45) is 0 Å². The lowest BCUT2D eigenvalue weighted by atomic mass is 10.1. The number of nitrogens with one attached hydrogen (secondary N) is 2. The molecule has 2 aromatic rings. The number of H-pyrrole nitrogens is 1. The smallest absolute Gasteiger partial charge is 0.378 e. The average molecular weight is 373 g/mol. The van der Waals surface area contributed by atoms with Crippen molar-refractivity contribution in [1.82, 2.24) is 9.97 Å². The molecule has 1 heterocycles. The molecule has 0 atom stereocenters. The molecule has 1 amide bonds. The van der Waals surface area contributed by atoms with Gasteiger partial charge in [-0.1, -0.05) is 23.9 Å². The van der Waals surface area contributed by atoms with E-state index in [0.717, 1.165) is 17.8 Å².